The van der Waals surface area contributed by atoms with Crippen molar-refractivity contribution in [2.24, 2.45) is 4.99 Å². The van der Waals surface area contributed by atoms with Gasteiger partial charge in [0.2, 0.25) is 0 Å². The second-order valence-corrected chi connectivity index (χ2v) is 4.41. The van der Waals surface area contributed by atoms with Gasteiger partial charge in [0.1, 0.15) is 0 Å². The molecule has 0 bridgehead atoms. The van der Waals surface area contributed by atoms with Crippen molar-refractivity contribution in [3.05, 3.63) is 0 Å². The Morgan fingerprint density at radius 3 is 2.70 bits per heavy atom. The average molecular weight is 157 g/mol. The number of rotatable bonds is 2. The second kappa shape index (κ2) is 2.95. The van der Waals surface area contributed by atoms with Gasteiger partial charge in [0.15, 0.2) is 0 Å². The van der Waals surface area contributed by atoms with Crippen LogP contribution in [0.5, 0.6) is 0 Å². The summed E-state index contributed by atoms with van der Waals surface area (Å²) in [5.41, 5.74) is 0.217. The quantitative estimate of drug-likeness (QED) is 0.600. The van der Waals surface area contributed by atoms with E-state index >= 15 is 0 Å². The molecular formula is C8H15NS. The monoisotopic (exact) mass is 157 g/mol. The van der Waals surface area contributed by atoms with E-state index < -0.39 is 0 Å². The van der Waals surface area contributed by atoms with E-state index in [1.807, 2.05) is 11.8 Å². The molecule has 1 heterocycles. The molecular weight excluding hydrogens is 142 g/mol. The van der Waals surface area contributed by atoms with Gasteiger partial charge in [-0.3, -0.25) is 4.99 Å². The van der Waals surface area contributed by atoms with Gasteiger partial charge in [-0.05, 0) is 20.3 Å². The van der Waals surface area contributed by atoms with Crippen molar-refractivity contribution in [2.75, 3.05) is 5.75 Å². The molecule has 0 N–H and O–H groups in total. The second-order valence-electron chi connectivity index (χ2n) is 3.36. The van der Waals surface area contributed by atoms with Crippen LogP contribution >= 0.6 is 11.8 Å². The molecule has 0 saturated carbocycles. The van der Waals surface area contributed by atoms with Crippen molar-refractivity contribution in [3.8, 4) is 0 Å². The largest absolute Gasteiger partial charge is 0.276 e. The zero-order chi connectivity index (χ0) is 7.61. The fourth-order valence-corrected chi connectivity index (χ4v) is 2.25. The topological polar surface area (TPSA) is 12.4 Å². The summed E-state index contributed by atoms with van der Waals surface area (Å²) in [4.78, 5) is 4.59. The lowest BCUT2D eigenvalue weighted by Gasteiger charge is -2.09. The number of thioether (sulfide) groups is 1. The molecule has 1 aliphatic heterocycles. The van der Waals surface area contributed by atoms with E-state index in [9.17, 15) is 0 Å². The van der Waals surface area contributed by atoms with Crippen LogP contribution < -0.4 is 0 Å². The third-order valence-electron chi connectivity index (χ3n) is 1.48. The van der Waals surface area contributed by atoms with Crippen LogP contribution in [0.25, 0.3) is 0 Å². The lowest BCUT2D eigenvalue weighted by atomic mass is 10.1. The van der Waals surface area contributed by atoms with Gasteiger partial charge >= 0.3 is 0 Å². The highest BCUT2D eigenvalue weighted by atomic mass is 32.2. The zero-order valence-corrected chi connectivity index (χ0v) is 7.79. The molecule has 1 rings (SSSR count). The van der Waals surface area contributed by atoms with Crippen LogP contribution in [0.2, 0.25) is 0 Å². The number of hydrogen-bond donors (Lipinski definition) is 0. The van der Waals surface area contributed by atoms with Gasteiger partial charge < -0.3 is 0 Å². The van der Waals surface area contributed by atoms with Crippen LogP contribution in [-0.2, 0) is 0 Å². The molecule has 0 fully saturated rings. The predicted molar refractivity (Wildman–Crippen MR) is 48.9 cm³/mol. The first-order valence-corrected chi connectivity index (χ1v) is 4.84. The summed E-state index contributed by atoms with van der Waals surface area (Å²) in [6.07, 6.45) is 2.40. The maximum atomic E-state index is 4.59. The van der Waals surface area contributed by atoms with Crippen LogP contribution in [0.3, 0.4) is 0 Å². The van der Waals surface area contributed by atoms with Crippen molar-refractivity contribution < 1.29 is 0 Å². The summed E-state index contributed by atoms with van der Waals surface area (Å²) in [7, 11) is 0. The molecule has 0 aromatic rings. The zero-order valence-electron chi connectivity index (χ0n) is 6.98. The van der Waals surface area contributed by atoms with E-state index in [4.69, 9.17) is 0 Å². The van der Waals surface area contributed by atoms with E-state index in [1.54, 1.807) is 0 Å². The number of aliphatic imine (C=N–C) groups is 1. The molecule has 0 spiro atoms. The van der Waals surface area contributed by atoms with Gasteiger partial charge in [-0.1, -0.05) is 13.3 Å². The maximum absolute atomic E-state index is 4.59. The van der Waals surface area contributed by atoms with Gasteiger partial charge in [0.05, 0.1) is 10.6 Å². The van der Waals surface area contributed by atoms with Crippen molar-refractivity contribution in [2.45, 2.75) is 39.2 Å². The fraction of sp³-hybridized carbons (Fsp3) is 0.875. The number of nitrogens with zero attached hydrogens (tertiary/aromatic N) is 1. The Bertz CT molecular complexity index is 149. The third-order valence-corrected chi connectivity index (χ3v) is 2.96. The minimum Gasteiger partial charge on any atom is -0.276 e. The molecule has 1 nitrogen and oxygen atoms in total. The van der Waals surface area contributed by atoms with Crippen LogP contribution in [0.1, 0.15) is 33.6 Å². The SMILES string of the molecule is CCCC1=NC(C)(C)CS1. The fourth-order valence-electron chi connectivity index (χ4n) is 1.00. The highest BCUT2D eigenvalue weighted by Crippen LogP contribution is 2.28. The smallest absolute Gasteiger partial charge is 0.0683 e. The Labute approximate surface area is 67.3 Å². The Morgan fingerprint density at radius 1 is 1.60 bits per heavy atom. The molecule has 0 saturated heterocycles. The molecule has 0 unspecified atom stereocenters. The first kappa shape index (κ1) is 8.12. The van der Waals surface area contributed by atoms with Crippen molar-refractivity contribution in [3.63, 3.8) is 0 Å². The highest BCUT2D eigenvalue weighted by Gasteiger charge is 2.24. The van der Waals surface area contributed by atoms with Crippen molar-refractivity contribution in [1.29, 1.82) is 0 Å². The molecule has 58 valence electrons. The summed E-state index contributed by atoms with van der Waals surface area (Å²) in [5, 5.41) is 1.35. The molecule has 0 amide bonds. The minimum atomic E-state index is 0.217. The highest BCUT2D eigenvalue weighted by molar-refractivity contribution is 8.14. The van der Waals surface area contributed by atoms with Crippen molar-refractivity contribution >= 4 is 16.8 Å². The van der Waals surface area contributed by atoms with E-state index in [0.717, 1.165) is 0 Å². The molecule has 0 radical (unpaired) electrons. The summed E-state index contributed by atoms with van der Waals surface area (Å²) < 4.78 is 0. The first-order valence-electron chi connectivity index (χ1n) is 3.85. The molecule has 0 atom stereocenters. The lowest BCUT2D eigenvalue weighted by Crippen LogP contribution is -2.15. The normalized spacial score (nSPS) is 22.9. The average Bonchev–Trinajstić information content (AvgIpc) is 2.12. The molecule has 10 heavy (non-hydrogen) atoms. The van der Waals surface area contributed by atoms with E-state index in [2.05, 4.69) is 25.8 Å². The summed E-state index contributed by atoms with van der Waals surface area (Å²) in [6.45, 7) is 6.60. The van der Waals surface area contributed by atoms with Gasteiger partial charge in [-0.25, -0.2) is 0 Å². The third kappa shape index (κ3) is 2.01. The Morgan fingerprint density at radius 2 is 2.30 bits per heavy atom. The predicted octanol–water partition coefficient (Wildman–Crippen LogP) is 2.71. The van der Waals surface area contributed by atoms with Gasteiger partial charge in [-0.15, -0.1) is 11.8 Å². The molecule has 2 heteroatoms. The van der Waals surface area contributed by atoms with Crippen molar-refractivity contribution in [1.82, 2.24) is 0 Å². The lowest BCUT2D eigenvalue weighted by molar-refractivity contribution is 0.603. The van der Waals surface area contributed by atoms with Crippen LogP contribution in [0.15, 0.2) is 4.99 Å². The van der Waals surface area contributed by atoms with Crippen LogP contribution in [-0.4, -0.2) is 16.3 Å². The molecule has 1 aliphatic rings. The Kier molecular flexibility index (Phi) is 2.40. The summed E-state index contributed by atoms with van der Waals surface area (Å²) in [6, 6.07) is 0. The van der Waals surface area contributed by atoms with E-state index in [0.29, 0.717) is 0 Å². The summed E-state index contributed by atoms with van der Waals surface area (Å²) in [5.74, 6) is 1.17. The minimum absolute atomic E-state index is 0.217. The first-order chi connectivity index (χ1) is 4.64. The van der Waals surface area contributed by atoms with Gasteiger partial charge in [0.25, 0.3) is 0 Å². The van der Waals surface area contributed by atoms with Crippen LogP contribution in [0, 0.1) is 0 Å². The molecule has 0 aromatic carbocycles. The Hall–Kier alpha value is 0.0200. The Balaban J connectivity index is 2.49. The van der Waals surface area contributed by atoms with E-state index in [-0.39, 0.29) is 5.54 Å². The van der Waals surface area contributed by atoms with Gasteiger partial charge in [-0.2, -0.15) is 0 Å². The molecule has 0 aromatic heterocycles. The maximum Gasteiger partial charge on any atom is 0.0683 e. The van der Waals surface area contributed by atoms with Crippen LogP contribution in [0.4, 0.5) is 0 Å². The van der Waals surface area contributed by atoms with Gasteiger partial charge in [0, 0.05) is 5.75 Å². The standard InChI is InChI=1S/C8H15NS/c1-4-5-7-9-8(2,3)6-10-7/h4-6H2,1-3H3. The molecule has 0 aliphatic carbocycles. The summed E-state index contributed by atoms with van der Waals surface area (Å²) >= 11 is 1.92. The number of hydrogen-bond acceptors (Lipinski definition) is 2. The van der Waals surface area contributed by atoms with E-state index in [1.165, 1.54) is 23.6 Å².